The minimum Gasteiger partial charge on any atom is -0.444 e. The monoisotopic (exact) mass is 485 g/mol. The molecule has 0 aliphatic carbocycles. The molecule has 1 aromatic heterocycles. The quantitative estimate of drug-likeness (QED) is 0.438. The molecule has 3 aromatic rings. The van der Waals surface area contributed by atoms with E-state index < -0.39 is 17.7 Å². The van der Waals surface area contributed by atoms with Crippen molar-refractivity contribution in [2.24, 2.45) is 0 Å². The highest BCUT2D eigenvalue weighted by Crippen LogP contribution is 2.27. The number of amides is 2. The molecule has 0 spiro atoms. The number of nitrogens with one attached hydrogen (secondary N) is 3. The van der Waals surface area contributed by atoms with Crippen molar-refractivity contribution in [3.05, 3.63) is 63.8 Å². The normalized spacial score (nSPS) is 12.5. The van der Waals surface area contributed by atoms with Gasteiger partial charge in [0.1, 0.15) is 11.6 Å². The van der Waals surface area contributed by atoms with Crippen molar-refractivity contribution >= 4 is 44.5 Å². The Labute approximate surface area is 190 Å². The molecule has 31 heavy (non-hydrogen) atoms. The Hall–Kier alpha value is -2.80. The summed E-state index contributed by atoms with van der Waals surface area (Å²) >= 11 is 3.51. The summed E-state index contributed by atoms with van der Waals surface area (Å²) < 4.78 is 6.17. The number of aromatic amines is 1. The van der Waals surface area contributed by atoms with Gasteiger partial charge in [0.2, 0.25) is 5.91 Å². The van der Waals surface area contributed by atoms with Crippen molar-refractivity contribution in [2.75, 3.05) is 5.32 Å². The number of aryl methyl sites for hydroxylation is 2. The van der Waals surface area contributed by atoms with Crippen LogP contribution in [0.3, 0.4) is 0 Å². The predicted octanol–water partition coefficient (Wildman–Crippen LogP) is 5.62. The predicted molar refractivity (Wildman–Crippen MR) is 127 cm³/mol. The maximum Gasteiger partial charge on any atom is 0.408 e. The summed E-state index contributed by atoms with van der Waals surface area (Å²) in [5.41, 5.74) is 4.09. The van der Waals surface area contributed by atoms with E-state index in [1.165, 1.54) is 0 Å². The molecule has 1 atom stereocenters. The number of benzene rings is 2. The summed E-state index contributed by atoms with van der Waals surface area (Å²) in [6, 6.07) is 10.9. The molecule has 0 radical (unpaired) electrons. The highest BCUT2D eigenvalue weighted by molar-refractivity contribution is 9.10. The maximum absolute atomic E-state index is 13.2. The fraction of sp³-hybridized carbons (Fsp3) is 0.333. The number of H-pyrrole nitrogens is 1. The largest absolute Gasteiger partial charge is 0.444 e. The van der Waals surface area contributed by atoms with Crippen LogP contribution < -0.4 is 10.6 Å². The number of fused-ring (bicyclic) bond motifs is 1. The van der Waals surface area contributed by atoms with Crippen LogP contribution in [-0.2, 0) is 16.0 Å². The van der Waals surface area contributed by atoms with Crippen LogP contribution in [0.2, 0.25) is 0 Å². The Bertz CT molecular complexity index is 1110. The zero-order chi connectivity index (χ0) is 22.8. The first-order valence-electron chi connectivity index (χ1n) is 10.2. The summed E-state index contributed by atoms with van der Waals surface area (Å²) in [5.74, 6) is -0.319. The second-order valence-electron chi connectivity index (χ2n) is 8.67. The fourth-order valence-corrected chi connectivity index (χ4v) is 3.83. The second-order valence-corrected chi connectivity index (χ2v) is 9.52. The number of alkyl carbamates (subject to hydrolysis) is 1. The van der Waals surface area contributed by atoms with Crippen LogP contribution in [0, 0.1) is 13.8 Å². The minimum absolute atomic E-state index is 0.317. The van der Waals surface area contributed by atoms with Gasteiger partial charge in [0.15, 0.2) is 0 Å². The number of aromatic nitrogens is 1. The van der Waals surface area contributed by atoms with Gasteiger partial charge in [-0.05, 0) is 85.4 Å². The van der Waals surface area contributed by atoms with Crippen molar-refractivity contribution in [2.45, 2.75) is 52.7 Å². The number of halogens is 1. The van der Waals surface area contributed by atoms with E-state index in [1.54, 1.807) is 20.8 Å². The van der Waals surface area contributed by atoms with Gasteiger partial charge in [0, 0.05) is 28.0 Å². The highest BCUT2D eigenvalue weighted by Gasteiger charge is 2.26. The molecule has 0 aliphatic heterocycles. The van der Waals surface area contributed by atoms with E-state index in [1.807, 2.05) is 56.4 Å². The lowest BCUT2D eigenvalue weighted by Crippen LogP contribution is -2.47. The third-order valence-corrected chi connectivity index (χ3v) is 5.60. The average Bonchev–Trinajstić information content (AvgIpc) is 3.07. The molecule has 0 bridgehead atoms. The van der Waals surface area contributed by atoms with Gasteiger partial charge in [-0.15, -0.1) is 0 Å². The van der Waals surface area contributed by atoms with Gasteiger partial charge in [-0.25, -0.2) is 4.79 Å². The smallest absolute Gasteiger partial charge is 0.408 e. The van der Waals surface area contributed by atoms with Gasteiger partial charge >= 0.3 is 6.09 Å². The van der Waals surface area contributed by atoms with Crippen molar-refractivity contribution in [3.63, 3.8) is 0 Å². The Kier molecular flexibility index (Phi) is 6.74. The number of ether oxygens (including phenoxy) is 1. The molecule has 7 heteroatoms. The van der Waals surface area contributed by atoms with Crippen molar-refractivity contribution in [3.8, 4) is 0 Å². The lowest BCUT2D eigenvalue weighted by Gasteiger charge is -2.23. The van der Waals surface area contributed by atoms with Crippen LogP contribution in [-0.4, -0.2) is 28.6 Å². The average molecular weight is 486 g/mol. The fourth-order valence-electron chi connectivity index (χ4n) is 3.28. The molecule has 1 heterocycles. The summed E-state index contributed by atoms with van der Waals surface area (Å²) in [5, 5.41) is 6.69. The van der Waals surface area contributed by atoms with Crippen LogP contribution >= 0.6 is 15.9 Å². The summed E-state index contributed by atoms with van der Waals surface area (Å²) in [6.45, 7) is 9.35. The topological polar surface area (TPSA) is 83.2 Å². The van der Waals surface area contributed by atoms with Crippen molar-refractivity contribution in [1.82, 2.24) is 10.3 Å². The number of para-hydroxylation sites is 1. The van der Waals surface area contributed by atoms with E-state index in [-0.39, 0.29) is 5.91 Å². The van der Waals surface area contributed by atoms with E-state index in [9.17, 15) is 9.59 Å². The lowest BCUT2D eigenvalue weighted by atomic mass is 10.0. The van der Waals surface area contributed by atoms with Gasteiger partial charge in [-0.2, -0.15) is 0 Å². The molecule has 3 N–H and O–H groups in total. The molecule has 0 saturated carbocycles. The van der Waals surface area contributed by atoms with Crippen LogP contribution in [0.4, 0.5) is 10.5 Å². The highest BCUT2D eigenvalue weighted by atomic mass is 79.9. The van der Waals surface area contributed by atoms with Gasteiger partial charge < -0.3 is 20.4 Å². The minimum atomic E-state index is -0.817. The molecule has 0 saturated heterocycles. The van der Waals surface area contributed by atoms with Crippen LogP contribution in [0.1, 0.15) is 37.5 Å². The second kappa shape index (κ2) is 9.14. The third kappa shape index (κ3) is 5.88. The first-order valence-corrected chi connectivity index (χ1v) is 10.9. The van der Waals surface area contributed by atoms with E-state index in [4.69, 9.17) is 4.74 Å². The Morgan fingerprint density at radius 2 is 1.81 bits per heavy atom. The lowest BCUT2D eigenvalue weighted by molar-refractivity contribution is -0.118. The van der Waals surface area contributed by atoms with Crippen molar-refractivity contribution in [1.29, 1.82) is 0 Å². The Morgan fingerprint density at radius 3 is 2.52 bits per heavy atom. The first-order chi connectivity index (χ1) is 14.5. The SMILES string of the molecule is Cc1cc(Br)c(NC(=O)[C@H](Cc2c[nH]c3ccccc23)NC(=O)OC(C)(C)C)cc1C. The summed E-state index contributed by atoms with van der Waals surface area (Å²) in [6.07, 6.45) is 1.55. The van der Waals surface area contributed by atoms with E-state index in [0.717, 1.165) is 32.1 Å². The number of hydrogen-bond acceptors (Lipinski definition) is 3. The number of rotatable bonds is 5. The van der Waals surface area contributed by atoms with E-state index in [0.29, 0.717) is 12.1 Å². The van der Waals surface area contributed by atoms with E-state index >= 15 is 0 Å². The third-order valence-electron chi connectivity index (χ3n) is 4.95. The molecule has 3 rings (SSSR count). The first kappa shape index (κ1) is 22.9. The van der Waals surface area contributed by atoms with Crippen LogP contribution in [0.5, 0.6) is 0 Å². The molecule has 0 aliphatic rings. The number of carbonyl (C=O) groups is 2. The van der Waals surface area contributed by atoms with E-state index in [2.05, 4.69) is 31.5 Å². The van der Waals surface area contributed by atoms with Gasteiger partial charge in [0.25, 0.3) is 0 Å². The van der Waals surface area contributed by atoms with Gasteiger partial charge in [0.05, 0.1) is 5.69 Å². The molecular formula is C24H28BrN3O3. The molecule has 2 amide bonds. The number of anilines is 1. The molecule has 0 unspecified atom stereocenters. The molecule has 0 fully saturated rings. The molecule has 164 valence electrons. The maximum atomic E-state index is 13.2. The number of carbonyl (C=O) groups excluding carboxylic acids is 2. The standard InChI is InChI=1S/C24H28BrN3O3/c1-14-10-18(25)20(11-15(14)2)27-22(29)21(28-23(30)31-24(3,4)5)12-16-13-26-19-9-7-6-8-17(16)19/h6-11,13,21,26H,12H2,1-5H3,(H,27,29)(H,28,30)/t21-/m0/s1. The van der Waals surface area contributed by atoms with Gasteiger partial charge in [-0.3, -0.25) is 4.79 Å². The molecule has 6 nitrogen and oxygen atoms in total. The Morgan fingerprint density at radius 1 is 1.13 bits per heavy atom. The summed E-state index contributed by atoms with van der Waals surface area (Å²) in [4.78, 5) is 28.9. The zero-order valence-electron chi connectivity index (χ0n) is 18.4. The van der Waals surface area contributed by atoms with Crippen LogP contribution in [0.15, 0.2) is 47.1 Å². The number of hydrogen-bond donors (Lipinski definition) is 3. The summed E-state index contributed by atoms with van der Waals surface area (Å²) in [7, 11) is 0. The zero-order valence-corrected chi connectivity index (χ0v) is 20.0. The molecule has 2 aromatic carbocycles. The van der Waals surface area contributed by atoms with Crippen molar-refractivity contribution < 1.29 is 14.3 Å². The van der Waals surface area contributed by atoms with Gasteiger partial charge in [-0.1, -0.05) is 18.2 Å². The molecular weight excluding hydrogens is 458 g/mol. The Balaban J connectivity index is 1.86. The van der Waals surface area contributed by atoms with Crippen LogP contribution in [0.25, 0.3) is 10.9 Å².